The molecule has 19 nitrogen and oxygen atoms in total. The number of hydrazine groups is 2. The van der Waals surface area contributed by atoms with E-state index in [9.17, 15) is 33.9 Å². The van der Waals surface area contributed by atoms with Crippen molar-refractivity contribution < 1.29 is 42.9 Å². The van der Waals surface area contributed by atoms with Crippen LogP contribution in [0.15, 0.2) is 89.6 Å². The molecule has 5 amide bonds. The van der Waals surface area contributed by atoms with Crippen LogP contribution in [0, 0.1) is 5.82 Å². The molecule has 7 rings (SSSR count). The Kier molecular flexibility index (Phi) is 13.3. The van der Waals surface area contributed by atoms with Gasteiger partial charge in [-0.1, -0.05) is 42.5 Å². The summed E-state index contributed by atoms with van der Waals surface area (Å²) in [5.41, 5.74) is 12.8. The summed E-state index contributed by atoms with van der Waals surface area (Å²) >= 11 is 0. The average Bonchev–Trinajstić information content (AvgIpc) is 3.89. The Morgan fingerprint density at radius 3 is 2.32 bits per heavy atom. The predicted molar refractivity (Wildman–Crippen MR) is 228 cm³/mol. The number of pyridine rings is 1. The number of aromatic nitrogens is 1. The number of urea groups is 1. The van der Waals surface area contributed by atoms with E-state index in [1.165, 1.54) is 17.2 Å². The van der Waals surface area contributed by atoms with Crippen molar-refractivity contribution in [1.29, 1.82) is 0 Å². The zero-order valence-electron chi connectivity index (χ0n) is 34.5. The van der Waals surface area contributed by atoms with Crippen molar-refractivity contribution in [3.05, 3.63) is 118 Å². The molecule has 20 heteroatoms. The summed E-state index contributed by atoms with van der Waals surface area (Å²) in [7, 11) is 0. The van der Waals surface area contributed by atoms with Gasteiger partial charge in [-0.2, -0.15) is 0 Å². The largest absolute Gasteiger partial charge is 0.477 e. The fourth-order valence-corrected chi connectivity index (χ4v) is 7.52. The van der Waals surface area contributed by atoms with Crippen LogP contribution in [0.4, 0.5) is 30.1 Å². The summed E-state index contributed by atoms with van der Waals surface area (Å²) in [6.45, 7) is 3.57. The van der Waals surface area contributed by atoms with Gasteiger partial charge in [-0.25, -0.2) is 23.6 Å². The first-order valence-electron chi connectivity index (χ1n) is 20.5. The normalized spacial score (nSPS) is 15.8. The smallest absolute Gasteiger partial charge is 0.410 e. The molecule has 2 fully saturated rings. The molecule has 8 N–H and O–H groups in total. The quantitative estimate of drug-likeness (QED) is 0.0796. The molecule has 0 unspecified atom stereocenters. The highest BCUT2D eigenvalue weighted by molar-refractivity contribution is 5.95. The molecule has 1 saturated heterocycles. The first kappa shape index (κ1) is 43.7. The first-order chi connectivity index (χ1) is 30.3. The Hall–Kier alpha value is -7.35. The number of primary amides is 1. The number of aryl methyl sites for hydroxylation is 1. The van der Waals surface area contributed by atoms with Gasteiger partial charge < -0.3 is 56.1 Å². The Bertz CT molecular complexity index is 2450. The summed E-state index contributed by atoms with van der Waals surface area (Å²) in [5.74, 6) is -2.40. The number of carboxylic acids is 1. The number of nitrogens with one attached hydrogen (secondary N) is 5. The van der Waals surface area contributed by atoms with Gasteiger partial charge in [-0.3, -0.25) is 14.6 Å². The minimum Gasteiger partial charge on any atom is -0.477 e. The number of anilines is 2. The lowest BCUT2D eigenvalue weighted by molar-refractivity contribution is -0.121. The van der Waals surface area contributed by atoms with Crippen LogP contribution < -0.4 is 43.0 Å². The zero-order chi connectivity index (χ0) is 44.7. The number of aromatic carboxylic acids is 1. The number of carboxylic acid groups (broad SMARTS) is 1. The fourth-order valence-electron chi connectivity index (χ4n) is 7.52. The second kappa shape index (κ2) is 19.1. The molecular formula is C43H49FN10O9. The molecular weight excluding hydrogens is 820 g/mol. The van der Waals surface area contributed by atoms with Crippen LogP contribution in [0.25, 0.3) is 10.9 Å². The number of nitrogens with zero attached hydrogens (tertiary/aromatic N) is 4. The Balaban J connectivity index is 0.914. The summed E-state index contributed by atoms with van der Waals surface area (Å²) < 4.78 is 28.0. The maximum absolute atomic E-state index is 15.4. The van der Waals surface area contributed by atoms with Crippen molar-refractivity contribution in [3.8, 4) is 0 Å². The van der Waals surface area contributed by atoms with Crippen molar-refractivity contribution in [2.45, 2.75) is 63.9 Å². The van der Waals surface area contributed by atoms with Crippen LogP contribution in [0.1, 0.15) is 54.1 Å². The van der Waals surface area contributed by atoms with Crippen molar-refractivity contribution in [3.63, 3.8) is 0 Å². The number of nitrogens with two attached hydrogens (primary N) is 1. The van der Waals surface area contributed by atoms with Crippen LogP contribution in [0.2, 0.25) is 0 Å². The third kappa shape index (κ3) is 10.4. The number of carbonyl (C=O) groups excluding carboxylic acids is 4. The highest BCUT2D eigenvalue weighted by atomic mass is 19.1. The maximum atomic E-state index is 15.4. The number of piperazine rings is 1. The lowest BCUT2D eigenvalue weighted by atomic mass is 10.1. The Morgan fingerprint density at radius 1 is 0.952 bits per heavy atom. The topological polar surface area (TPSA) is 242 Å². The second-order valence-electron chi connectivity index (χ2n) is 15.4. The van der Waals surface area contributed by atoms with Gasteiger partial charge in [0.15, 0.2) is 0 Å². The number of hydrogen-bond donors (Lipinski definition) is 7. The summed E-state index contributed by atoms with van der Waals surface area (Å²) in [5, 5.41) is 19.4. The highest BCUT2D eigenvalue weighted by Gasteiger charge is 2.50. The molecule has 63 heavy (non-hydrogen) atoms. The van der Waals surface area contributed by atoms with Crippen LogP contribution in [0.3, 0.4) is 0 Å². The molecule has 332 valence electrons. The van der Waals surface area contributed by atoms with Crippen LogP contribution in [-0.4, -0.2) is 94.0 Å². The van der Waals surface area contributed by atoms with Crippen LogP contribution >= 0.6 is 0 Å². The maximum Gasteiger partial charge on any atom is 0.410 e. The molecule has 4 aromatic rings. The van der Waals surface area contributed by atoms with Gasteiger partial charge in [0, 0.05) is 62.7 Å². The molecule has 0 spiro atoms. The number of benzene rings is 3. The zero-order valence-corrected chi connectivity index (χ0v) is 34.5. The number of ether oxygens (including phenoxy) is 2. The summed E-state index contributed by atoms with van der Waals surface area (Å²) in [6, 6.07) is 17.3. The number of carbonyl (C=O) groups is 5. The molecule has 1 saturated carbocycles. The summed E-state index contributed by atoms with van der Waals surface area (Å²) in [6.07, 6.45) is 3.96. The van der Waals surface area contributed by atoms with E-state index in [1.54, 1.807) is 51.9 Å². The van der Waals surface area contributed by atoms with Crippen molar-refractivity contribution in [2.75, 3.05) is 42.9 Å². The van der Waals surface area contributed by atoms with Crippen molar-refractivity contribution >= 4 is 52.4 Å². The van der Waals surface area contributed by atoms with Crippen LogP contribution in [-0.2, 0) is 34.0 Å². The summed E-state index contributed by atoms with van der Waals surface area (Å²) in [4.78, 5) is 78.4. The van der Waals surface area contributed by atoms with Crippen molar-refractivity contribution in [1.82, 2.24) is 36.1 Å². The fraction of sp³-hybridized carbons (Fsp3) is 0.349. The van der Waals surface area contributed by atoms with Gasteiger partial charge >= 0.3 is 24.2 Å². The number of alkyl carbamates (subject to hydrolysis) is 1. The number of amides is 5. The number of hydrogen-bond acceptors (Lipinski definition) is 12. The van der Waals surface area contributed by atoms with E-state index in [2.05, 4.69) is 26.9 Å². The van der Waals surface area contributed by atoms with Gasteiger partial charge in [-0.15, -0.1) is 5.53 Å². The molecule has 0 bridgehead atoms. The van der Waals surface area contributed by atoms with Gasteiger partial charge in [0.05, 0.1) is 22.4 Å². The van der Waals surface area contributed by atoms with E-state index in [-0.39, 0.29) is 49.8 Å². The van der Waals surface area contributed by atoms with Gasteiger partial charge in [0.1, 0.15) is 30.6 Å². The Morgan fingerprint density at radius 2 is 1.65 bits per heavy atom. The molecule has 2 aliphatic heterocycles. The van der Waals surface area contributed by atoms with Crippen LogP contribution in [0.5, 0.6) is 0 Å². The minimum absolute atomic E-state index is 0.0212. The third-order valence-corrected chi connectivity index (χ3v) is 11.2. The van der Waals surface area contributed by atoms with E-state index in [0.29, 0.717) is 67.8 Å². The van der Waals surface area contributed by atoms with Crippen molar-refractivity contribution in [2.24, 2.45) is 5.73 Å². The molecule has 0 radical (unpaired) electrons. The average molecular weight is 869 g/mol. The van der Waals surface area contributed by atoms with Gasteiger partial charge in [-0.05, 0) is 68.0 Å². The number of fused-ring (bicyclic) bond motifs is 1. The molecule has 1 aliphatic carbocycles. The van der Waals surface area contributed by atoms with E-state index in [1.807, 2.05) is 30.3 Å². The third-order valence-electron chi connectivity index (χ3n) is 11.2. The van der Waals surface area contributed by atoms with E-state index < -0.39 is 52.6 Å². The second-order valence-corrected chi connectivity index (χ2v) is 15.4. The predicted octanol–water partition coefficient (Wildman–Crippen LogP) is 3.70. The van der Waals surface area contributed by atoms with Gasteiger partial charge in [0.2, 0.25) is 11.3 Å². The monoisotopic (exact) mass is 868 g/mol. The van der Waals surface area contributed by atoms with E-state index >= 15 is 4.39 Å². The van der Waals surface area contributed by atoms with E-state index in [4.69, 9.17) is 15.2 Å². The molecule has 3 aromatic carbocycles. The standard InChI is InChI=1S/C43H49FN10O9/c1-2-51-23-31(39(57)58)37(55)30-21-32(44)35(22-34(30)51)52-17-19-53(20-18-52)42(61)63-26-28-10-12-29(13-11-28)47-38(56)33(9-6-16-46-40(45)59)54-24-36(49-50-54)43(14-15-43)48-41(60)62-25-27-7-4-3-5-8-27/h3-5,7-8,10-13,21-24,33,49-50H,2,6,9,14-20,25-26H2,1H3,(H,47,56)(H,48,60)(H,57,58)(H3,45,46,59)/t33-/m0/s1. The minimum atomic E-state index is -1.38. The first-order valence-corrected chi connectivity index (χ1v) is 20.5. The highest BCUT2D eigenvalue weighted by Crippen LogP contribution is 2.42. The van der Waals surface area contributed by atoms with Gasteiger partial charge in [0.25, 0.3) is 0 Å². The molecule has 3 heterocycles. The SMILES string of the molecule is CCn1cc(C(=O)O)c(=O)c2cc(F)c(N3CCN(C(=O)OCc4ccc(NC(=O)[C@H](CCCNC(N)=O)N5C=C(C6(NC(=O)OCc7ccccc7)CC6)NN5)cc4)CC3)cc21. The van der Waals surface area contributed by atoms with E-state index in [0.717, 1.165) is 11.6 Å². The molecule has 1 atom stereocenters. The lowest BCUT2D eigenvalue weighted by Crippen LogP contribution is -2.50. The number of rotatable bonds is 16. The lowest BCUT2D eigenvalue weighted by Gasteiger charge is -2.35. The molecule has 1 aromatic heterocycles. The molecule has 3 aliphatic rings. The number of halogens is 1. The Labute approximate surface area is 360 Å².